The van der Waals surface area contributed by atoms with E-state index in [0.717, 1.165) is 0 Å². The predicted octanol–water partition coefficient (Wildman–Crippen LogP) is 2.72. The SMILES string of the molecule is CCC1(C(=O)O)CCN(c2ncc(Cl)cc2[N+](=O)[O-])CC1. The van der Waals surface area contributed by atoms with Crippen molar-refractivity contribution in [3.63, 3.8) is 0 Å². The van der Waals surface area contributed by atoms with E-state index in [1.807, 2.05) is 6.92 Å². The summed E-state index contributed by atoms with van der Waals surface area (Å²) in [6.45, 7) is 2.71. The molecule has 0 amide bonds. The zero-order chi connectivity index (χ0) is 15.6. The average molecular weight is 314 g/mol. The fraction of sp³-hybridized carbons (Fsp3) is 0.538. The molecule has 1 N–H and O–H groups in total. The molecule has 8 heteroatoms. The highest BCUT2D eigenvalue weighted by atomic mass is 35.5. The molecule has 1 aliphatic rings. The molecule has 7 nitrogen and oxygen atoms in total. The van der Waals surface area contributed by atoms with E-state index in [9.17, 15) is 20.0 Å². The van der Waals surface area contributed by atoms with Gasteiger partial charge in [0.2, 0.25) is 5.82 Å². The van der Waals surface area contributed by atoms with E-state index in [1.54, 1.807) is 4.90 Å². The summed E-state index contributed by atoms with van der Waals surface area (Å²) in [5, 5.41) is 20.7. The maximum Gasteiger partial charge on any atom is 0.313 e. The van der Waals surface area contributed by atoms with Crippen molar-refractivity contribution in [2.75, 3.05) is 18.0 Å². The minimum absolute atomic E-state index is 0.151. The van der Waals surface area contributed by atoms with Crippen molar-refractivity contribution in [2.24, 2.45) is 5.41 Å². The molecule has 0 bridgehead atoms. The van der Waals surface area contributed by atoms with Gasteiger partial charge in [0.05, 0.1) is 15.4 Å². The number of carboxylic acids is 1. The Kier molecular flexibility index (Phi) is 4.32. The predicted molar refractivity (Wildman–Crippen MR) is 77.7 cm³/mol. The first-order valence-corrected chi connectivity index (χ1v) is 7.06. The van der Waals surface area contributed by atoms with Crippen LogP contribution in [0.25, 0.3) is 0 Å². The molecule has 0 atom stereocenters. The fourth-order valence-corrected chi connectivity index (χ4v) is 2.82. The number of hydrogen-bond donors (Lipinski definition) is 1. The Morgan fingerprint density at radius 2 is 2.19 bits per heavy atom. The molecule has 21 heavy (non-hydrogen) atoms. The van der Waals surface area contributed by atoms with Crippen LogP contribution in [0.15, 0.2) is 12.3 Å². The first-order valence-electron chi connectivity index (χ1n) is 6.68. The number of halogens is 1. The Morgan fingerprint density at radius 1 is 1.57 bits per heavy atom. The normalized spacial score (nSPS) is 17.5. The molecule has 114 valence electrons. The number of pyridine rings is 1. The largest absolute Gasteiger partial charge is 0.481 e. The molecule has 0 unspecified atom stereocenters. The van der Waals surface area contributed by atoms with Gasteiger partial charge in [0.1, 0.15) is 0 Å². The summed E-state index contributed by atoms with van der Waals surface area (Å²) >= 11 is 5.75. The minimum Gasteiger partial charge on any atom is -0.481 e. The topological polar surface area (TPSA) is 96.6 Å². The van der Waals surface area contributed by atoms with Gasteiger partial charge in [-0.2, -0.15) is 0 Å². The molecular formula is C13H16ClN3O4. The maximum atomic E-state index is 11.4. The van der Waals surface area contributed by atoms with Gasteiger partial charge in [-0.1, -0.05) is 18.5 Å². The third kappa shape index (κ3) is 2.92. The maximum absolute atomic E-state index is 11.4. The highest BCUT2D eigenvalue weighted by Crippen LogP contribution is 2.38. The molecule has 2 heterocycles. The number of nitrogens with zero attached hydrogens (tertiary/aromatic N) is 3. The second-order valence-electron chi connectivity index (χ2n) is 5.18. The van der Waals surface area contributed by atoms with Crippen LogP contribution in [0.1, 0.15) is 26.2 Å². The Labute approximate surface area is 126 Å². The van der Waals surface area contributed by atoms with Gasteiger partial charge in [0.15, 0.2) is 0 Å². The number of piperidine rings is 1. The first kappa shape index (κ1) is 15.5. The molecule has 1 saturated heterocycles. The Balaban J connectivity index is 2.23. The number of aromatic nitrogens is 1. The van der Waals surface area contributed by atoms with Crippen molar-refractivity contribution in [2.45, 2.75) is 26.2 Å². The van der Waals surface area contributed by atoms with E-state index >= 15 is 0 Å². The summed E-state index contributed by atoms with van der Waals surface area (Å²) < 4.78 is 0. The number of carboxylic acid groups (broad SMARTS) is 1. The van der Waals surface area contributed by atoms with Gasteiger partial charge in [0.25, 0.3) is 0 Å². The highest BCUT2D eigenvalue weighted by Gasteiger charge is 2.41. The van der Waals surface area contributed by atoms with E-state index in [0.29, 0.717) is 32.4 Å². The molecule has 2 rings (SSSR count). The molecule has 1 aliphatic heterocycles. The molecular weight excluding hydrogens is 298 g/mol. The number of rotatable bonds is 4. The molecule has 0 radical (unpaired) electrons. The van der Waals surface area contributed by atoms with Crippen LogP contribution in [-0.2, 0) is 4.79 Å². The number of nitro groups is 1. The quantitative estimate of drug-likeness (QED) is 0.678. The molecule has 0 aromatic carbocycles. The molecule has 1 aromatic rings. The molecule has 1 aromatic heterocycles. The summed E-state index contributed by atoms with van der Waals surface area (Å²) in [5.74, 6) is -0.553. The fourth-order valence-electron chi connectivity index (χ4n) is 2.66. The zero-order valence-electron chi connectivity index (χ0n) is 11.6. The Bertz CT molecular complexity index is 571. The van der Waals surface area contributed by atoms with Gasteiger partial charge < -0.3 is 10.0 Å². The number of carbonyl (C=O) groups is 1. The van der Waals surface area contributed by atoms with Crippen LogP contribution in [-0.4, -0.2) is 34.1 Å². The summed E-state index contributed by atoms with van der Waals surface area (Å²) in [4.78, 5) is 27.8. The monoisotopic (exact) mass is 313 g/mol. The third-order valence-corrected chi connectivity index (χ3v) is 4.37. The number of aliphatic carboxylic acids is 1. The summed E-state index contributed by atoms with van der Waals surface area (Å²) in [6, 6.07) is 1.27. The van der Waals surface area contributed by atoms with Crippen molar-refractivity contribution in [3.05, 3.63) is 27.4 Å². The van der Waals surface area contributed by atoms with Crippen molar-refractivity contribution in [1.82, 2.24) is 4.98 Å². The van der Waals surface area contributed by atoms with E-state index in [-0.39, 0.29) is 16.5 Å². The molecule has 0 saturated carbocycles. The number of anilines is 1. The van der Waals surface area contributed by atoms with Gasteiger partial charge in [-0.3, -0.25) is 14.9 Å². The van der Waals surface area contributed by atoms with E-state index in [1.165, 1.54) is 12.3 Å². The summed E-state index contributed by atoms with van der Waals surface area (Å²) in [5.41, 5.74) is -0.889. The van der Waals surface area contributed by atoms with Crippen molar-refractivity contribution in [3.8, 4) is 0 Å². The van der Waals surface area contributed by atoms with Crippen LogP contribution >= 0.6 is 11.6 Å². The van der Waals surface area contributed by atoms with Crippen molar-refractivity contribution in [1.29, 1.82) is 0 Å². The second kappa shape index (κ2) is 5.85. The second-order valence-corrected chi connectivity index (χ2v) is 5.62. The highest BCUT2D eigenvalue weighted by molar-refractivity contribution is 6.30. The van der Waals surface area contributed by atoms with Gasteiger partial charge in [-0.05, 0) is 19.3 Å². The van der Waals surface area contributed by atoms with E-state index < -0.39 is 16.3 Å². The summed E-state index contributed by atoms with van der Waals surface area (Å²) in [6.07, 6.45) is 2.80. The first-order chi connectivity index (χ1) is 9.89. The zero-order valence-corrected chi connectivity index (χ0v) is 12.3. The van der Waals surface area contributed by atoms with Gasteiger partial charge in [-0.25, -0.2) is 4.98 Å². The lowest BCUT2D eigenvalue weighted by Gasteiger charge is -2.38. The Morgan fingerprint density at radius 3 is 2.67 bits per heavy atom. The van der Waals surface area contributed by atoms with Crippen LogP contribution < -0.4 is 4.90 Å². The van der Waals surface area contributed by atoms with Gasteiger partial charge in [-0.15, -0.1) is 0 Å². The third-order valence-electron chi connectivity index (χ3n) is 4.16. The van der Waals surface area contributed by atoms with Crippen LogP contribution in [0, 0.1) is 15.5 Å². The Hall–Kier alpha value is -1.89. The lowest BCUT2D eigenvalue weighted by molar-refractivity contribution is -0.384. The minimum atomic E-state index is -0.803. The van der Waals surface area contributed by atoms with Crippen LogP contribution in [0.2, 0.25) is 5.02 Å². The molecule has 1 fully saturated rings. The lowest BCUT2D eigenvalue weighted by Crippen LogP contribution is -2.44. The van der Waals surface area contributed by atoms with Gasteiger partial charge >= 0.3 is 11.7 Å². The van der Waals surface area contributed by atoms with Crippen LogP contribution in [0.3, 0.4) is 0 Å². The average Bonchev–Trinajstić information content (AvgIpc) is 2.47. The van der Waals surface area contributed by atoms with E-state index in [4.69, 9.17) is 11.6 Å². The van der Waals surface area contributed by atoms with Crippen LogP contribution in [0.5, 0.6) is 0 Å². The van der Waals surface area contributed by atoms with Gasteiger partial charge in [0, 0.05) is 25.4 Å². The van der Waals surface area contributed by atoms with Crippen LogP contribution in [0.4, 0.5) is 11.5 Å². The standard InChI is InChI=1S/C13H16ClN3O4/c1-2-13(12(18)19)3-5-16(6-4-13)11-10(17(20)21)7-9(14)8-15-11/h7-8H,2-6H2,1H3,(H,18,19). The lowest BCUT2D eigenvalue weighted by atomic mass is 9.76. The van der Waals surface area contributed by atoms with Crippen molar-refractivity contribution < 1.29 is 14.8 Å². The van der Waals surface area contributed by atoms with Crippen molar-refractivity contribution >= 4 is 29.1 Å². The smallest absolute Gasteiger partial charge is 0.313 e. The number of hydrogen-bond acceptors (Lipinski definition) is 5. The summed E-state index contributed by atoms with van der Waals surface area (Å²) in [7, 11) is 0. The van der Waals surface area contributed by atoms with E-state index in [2.05, 4.69) is 4.98 Å². The molecule has 0 spiro atoms. The molecule has 0 aliphatic carbocycles.